The number of aromatic nitrogens is 1. The fraction of sp³-hybridized carbons (Fsp3) is 0.367. The van der Waals surface area contributed by atoms with E-state index in [4.69, 9.17) is 9.72 Å². The quantitative estimate of drug-likeness (QED) is 0.502. The number of benzene rings is 2. The number of cyclic esters (lactones) is 1. The number of fused-ring (bicyclic) bond motifs is 3. The number of esters is 1. The summed E-state index contributed by atoms with van der Waals surface area (Å²) in [5.74, 6) is -0.523. The molecule has 2 aromatic carbocycles. The number of hydrogen-bond donors (Lipinski definition) is 0. The van der Waals surface area contributed by atoms with E-state index in [2.05, 4.69) is 17.0 Å². The van der Waals surface area contributed by atoms with Crippen LogP contribution in [0.4, 0.5) is 5.69 Å². The van der Waals surface area contributed by atoms with E-state index in [1.807, 2.05) is 54.6 Å². The zero-order chi connectivity index (χ0) is 24.7. The van der Waals surface area contributed by atoms with Crippen molar-refractivity contribution in [1.29, 1.82) is 0 Å². The van der Waals surface area contributed by atoms with Gasteiger partial charge < -0.3 is 14.5 Å². The lowest BCUT2D eigenvalue weighted by Gasteiger charge is -2.43. The predicted molar refractivity (Wildman–Crippen MR) is 138 cm³/mol. The molecule has 3 aliphatic rings. The van der Waals surface area contributed by atoms with Gasteiger partial charge >= 0.3 is 5.97 Å². The minimum atomic E-state index is -1.23. The summed E-state index contributed by atoms with van der Waals surface area (Å²) in [7, 11) is 0. The molecule has 0 saturated carbocycles. The molecule has 6 rings (SSSR count). The first-order chi connectivity index (χ1) is 17.6. The lowest BCUT2D eigenvalue weighted by Crippen LogP contribution is -2.59. The van der Waals surface area contributed by atoms with Crippen LogP contribution in [-0.2, 0) is 27.9 Å². The molecule has 0 N–H and O–H groups in total. The van der Waals surface area contributed by atoms with Gasteiger partial charge in [-0.1, -0.05) is 60.7 Å². The smallest absolute Gasteiger partial charge is 0.338 e. The Morgan fingerprint density at radius 1 is 0.944 bits per heavy atom. The second-order valence-electron chi connectivity index (χ2n) is 10.2. The third-order valence-electron chi connectivity index (χ3n) is 7.87. The van der Waals surface area contributed by atoms with Crippen LogP contribution >= 0.6 is 0 Å². The molecule has 0 bridgehead atoms. The highest BCUT2D eigenvalue weighted by Crippen LogP contribution is 2.45. The molecule has 0 aliphatic carbocycles. The highest BCUT2D eigenvalue weighted by atomic mass is 16.5. The average molecular weight is 482 g/mol. The van der Waals surface area contributed by atoms with Gasteiger partial charge in [0.15, 0.2) is 5.54 Å². The van der Waals surface area contributed by atoms with E-state index < -0.39 is 11.5 Å². The number of rotatable bonds is 5. The van der Waals surface area contributed by atoms with Crippen molar-refractivity contribution in [2.45, 2.75) is 50.6 Å². The Kier molecular flexibility index (Phi) is 5.75. The lowest BCUT2D eigenvalue weighted by atomic mass is 9.91. The monoisotopic (exact) mass is 481 g/mol. The van der Waals surface area contributed by atoms with E-state index in [1.54, 1.807) is 11.8 Å². The minimum absolute atomic E-state index is 0.123. The van der Waals surface area contributed by atoms with Crippen molar-refractivity contribution in [2.75, 3.05) is 24.6 Å². The average Bonchev–Trinajstić information content (AvgIpc) is 3.14. The number of nitrogens with zero attached hydrogens (tertiary/aromatic N) is 3. The summed E-state index contributed by atoms with van der Waals surface area (Å²) in [6.45, 7) is 3.90. The normalized spacial score (nSPS) is 23.3. The van der Waals surface area contributed by atoms with Crippen molar-refractivity contribution < 1.29 is 14.3 Å². The number of morpholine rings is 1. The van der Waals surface area contributed by atoms with Crippen LogP contribution < -0.4 is 4.90 Å². The van der Waals surface area contributed by atoms with Crippen LogP contribution in [0.1, 0.15) is 59.1 Å². The molecule has 2 fully saturated rings. The van der Waals surface area contributed by atoms with Gasteiger partial charge in [-0.2, -0.15) is 0 Å². The maximum absolute atomic E-state index is 13.9. The molecule has 3 aliphatic heterocycles. The highest BCUT2D eigenvalue weighted by molar-refractivity contribution is 6.06. The number of amides is 1. The molecule has 6 nitrogen and oxygen atoms in total. The Bertz CT molecular complexity index is 1290. The summed E-state index contributed by atoms with van der Waals surface area (Å²) in [4.78, 5) is 36.5. The number of piperidine rings is 1. The van der Waals surface area contributed by atoms with Crippen LogP contribution in [0.5, 0.6) is 0 Å². The lowest BCUT2D eigenvalue weighted by molar-refractivity contribution is -0.169. The minimum Gasteiger partial charge on any atom is -0.461 e. The van der Waals surface area contributed by atoms with Gasteiger partial charge in [-0.3, -0.25) is 9.78 Å². The summed E-state index contributed by atoms with van der Waals surface area (Å²) in [6, 6.07) is 22.1. The summed E-state index contributed by atoms with van der Waals surface area (Å²) in [5.41, 5.74) is 4.03. The highest BCUT2D eigenvalue weighted by Gasteiger charge is 2.59. The van der Waals surface area contributed by atoms with Gasteiger partial charge in [0.05, 0.1) is 28.7 Å². The molecule has 0 unspecified atom stereocenters. The molecular formula is C30H31N3O3. The Morgan fingerprint density at radius 3 is 2.31 bits per heavy atom. The van der Waals surface area contributed by atoms with Gasteiger partial charge in [0.25, 0.3) is 5.91 Å². The predicted octanol–water partition coefficient (Wildman–Crippen LogP) is 4.50. The number of hydrogen-bond acceptors (Lipinski definition) is 5. The van der Waals surface area contributed by atoms with Gasteiger partial charge in [0, 0.05) is 19.5 Å². The van der Waals surface area contributed by atoms with E-state index in [9.17, 15) is 9.59 Å². The first-order valence-electron chi connectivity index (χ1n) is 12.9. The maximum atomic E-state index is 13.9. The maximum Gasteiger partial charge on any atom is 0.338 e. The second-order valence-corrected chi connectivity index (χ2v) is 10.2. The number of carbonyl (C=O) groups is 2. The van der Waals surface area contributed by atoms with E-state index >= 15 is 0 Å². The molecule has 0 spiro atoms. The molecule has 36 heavy (non-hydrogen) atoms. The third kappa shape index (κ3) is 3.76. The number of anilines is 1. The largest absolute Gasteiger partial charge is 0.461 e. The molecule has 3 aromatic rings. The van der Waals surface area contributed by atoms with E-state index in [1.165, 1.54) is 6.42 Å². The van der Waals surface area contributed by atoms with E-state index in [0.29, 0.717) is 24.1 Å². The number of ether oxygens (including phenoxy) is 1. The summed E-state index contributed by atoms with van der Waals surface area (Å²) in [5, 5.41) is 0. The summed E-state index contributed by atoms with van der Waals surface area (Å²) >= 11 is 0. The SMILES string of the molecule is C[C@]12C(=O)OC[C@H](Cc3ccccc3)N1C(=O)c1cc(N3CCCCC3)c(Cc3ccccc3)nc12. The van der Waals surface area contributed by atoms with Crippen LogP contribution in [0.3, 0.4) is 0 Å². The molecule has 6 heteroatoms. The van der Waals surface area contributed by atoms with Gasteiger partial charge in [-0.25, -0.2) is 4.79 Å². The molecule has 184 valence electrons. The van der Waals surface area contributed by atoms with Crippen molar-refractivity contribution >= 4 is 17.6 Å². The fourth-order valence-electron chi connectivity index (χ4n) is 6.00. The fourth-order valence-corrected chi connectivity index (χ4v) is 6.00. The molecule has 2 saturated heterocycles. The van der Waals surface area contributed by atoms with E-state index in [0.717, 1.165) is 48.4 Å². The number of pyridine rings is 1. The van der Waals surface area contributed by atoms with E-state index in [-0.39, 0.29) is 18.6 Å². The molecule has 4 heterocycles. The Balaban J connectivity index is 1.44. The van der Waals surface area contributed by atoms with Crippen LogP contribution in [0.2, 0.25) is 0 Å². The Labute approximate surface area is 211 Å². The van der Waals surface area contributed by atoms with Crippen LogP contribution in [-0.4, -0.2) is 47.5 Å². The Hall–Kier alpha value is -3.67. The van der Waals surface area contributed by atoms with Crippen molar-refractivity contribution in [1.82, 2.24) is 9.88 Å². The van der Waals surface area contributed by atoms with Crippen molar-refractivity contribution in [3.63, 3.8) is 0 Å². The van der Waals surface area contributed by atoms with Gasteiger partial charge in [-0.15, -0.1) is 0 Å². The van der Waals surface area contributed by atoms with Gasteiger partial charge in [0.1, 0.15) is 6.61 Å². The van der Waals surface area contributed by atoms with Gasteiger partial charge in [-0.05, 0) is 49.8 Å². The topological polar surface area (TPSA) is 62.7 Å². The number of carbonyl (C=O) groups excluding carboxylic acids is 2. The zero-order valence-corrected chi connectivity index (χ0v) is 20.7. The van der Waals surface area contributed by atoms with Crippen LogP contribution in [0.15, 0.2) is 66.7 Å². The molecule has 0 radical (unpaired) electrons. The first-order valence-corrected chi connectivity index (χ1v) is 12.9. The van der Waals surface area contributed by atoms with Crippen molar-refractivity contribution in [3.05, 3.63) is 94.8 Å². The molecule has 2 atom stereocenters. The van der Waals surface area contributed by atoms with Crippen molar-refractivity contribution in [2.24, 2.45) is 0 Å². The standard InChI is InChI=1S/C30H31N3O3/c1-30-27-24(28(34)33(30)23(20-36-29(30)35)17-21-11-5-2-6-12-21)19-26(32-15-9-4-10-16-32)25(31-27)18-22-13-7-3-8-14-22/h2-3,5-8,11-14,19,23H,4,9-10,15-18,20H2,1H3/t23-,30-/m0/s1. The molecule has 1 amide bonds. The molecule has 1 aromatic heterocycles. The first kappa shape index (κ1) is 22.8. The Morgan fingerprint density at radius 2 is 1.61 bits per heavy atom. The van der Waals surface area contributed by atoms with Gasteiger partial charge in [0.2, 0.25) is 0 Å². The van der Waals surface area contributed by atoms with Crippen LogP contribution in [0.25, 0.3) is 0 Å². The second kappa shape index (κ2) is 9.08. The van der Waals surface area contributed by atoms with Crippen molar-refractivity contribution in [3.8, 4) is 0 Å². The summed E-state index contributed by atoms with van der Waals surface area (Å²) in [6.07, 6.45) is 4.75. The third-order valence-corrected chi connectivity index (χ3v) is 7.87. The molecular weight excluding hydrogens is 450 g/mol. The summed E-state index contributed by atoms with van der Waals surface area (Å²) < 4.78 is 5.71. The van der Waals surface area contributed by atoms with Crippen LogP contribution in [0, 0.1) is 0 Å². The zero-order valence-electron chi connectivity index (χ0n) is 20.7.